The van der Waals surface area contributed by atoms with Crippen molar-refractivity contribution in [1.82, 2.24) is 4.98 Å². The maximum atomic E-state index is 13.5. The molecule has 1 atom stereocenters. The van der Waals surface area contributed by atoms with E-state index >= 15 is 0 Å². The lowest BCUT2D eigenvalue weighted by Gasteiger charge is -2.16. The Morgan fingerprint density at radius 3 is 2.45 bits per heavy atom. The largest absolute Gasteiger partial charge is 0.416 e. The van der Waals surface area contributed by atoms with Crippen LogP contribution in [0, 0.1) is 6.92 Å². The second-order valence-electron chi connectivity index (χ2n) is 6.68. The van der Waals surface area contributed by atoms with Gasteiger partial charge in [0.15, 0.2) is 11.0 Å². The second-order valence-corrected chi connectivity index (χ2v) is 8.07. The number of hydrogen-bond donors (Lipinski definition) is 2. The van der Waals surface area contributed by atoms with Gasteiger partial charge >= 0.3 is 6.18 Å². The SMILES string of the molecule is COC(C)c1c(C(F)(F)F)ccc2c1[nH]c(C)[n+]2Cc1ccccc1S(=O)(=O)O. The summed E-state index contributed by atoms with van der Waals surface area (Å²) in [5.41, 5.74) is 0.203. The third-order valence-electron chi connectivity index (χ3n) is 4.87. The number of alkyl halides is 3. The summed E-state index contributed by atoms with van der Waals surface area (Å²) in [4.78, 5) is 2.72. The van der Waals surface area contributed by atoms with Gasteiger partial charge in [0.1, 0.15) is 11.4 Å². The number of methoxy groups -OCH3 is 1. The molecule has 2 aromatic carbocycles. The molecule has 0 saturated carbocycles. The highest BCUT2D eigenvalue weighted by Crippen LogP contribution is 2.38. The van der Waals surface area contributed by atoms with Crippen LogP contribution in [0.3, 0.4) is 0 Å². The molecule has 0 aliphatic rings. The third-order valence-corrected chi connectivity index (χ3v) is 5.82. The summed E-state index contributed by atoms with van der Waals surface area (Å²) in [5.74, 6) is 0.522. The number of halogens is 3. The highest BCUT2D eigenvalue weighted by molar-refractivity contribution is 7.85. The van der Waals surface area contributed by atoms with E-state index in [1.807, 2.05) is 0 Å². The Balaban J connectivity index is 2.24. The topological polar surface area (TPSA) is 83.3 Å². The van der Waals surface area contributed by atoms with Crippen molar-refractivity contribution in [1.29, 1.82) is 0 Å². The Bertz CT molecular complexity index is 1170. The maximum Gasteiger partial charge on any atom is 0.416 e. The zero-order valence-corrected chi connectivity index (χ0v) is 16.7. The Morgan fingerprint density at radius 1 is 1.21 bits per heavy atom. The van der Waals surface area contributed by atoms with E-state index in [4.69, 9.17) is 4.74 Å². The van der Waals surface area contributed by atoms with E-state index in [2.05, 4.69) is 4.98 Å². The summed E-state index contributed by atoms with van der Waals surface area (Å²) in [5, 5.41) is 0. The molecule has 10 heteroatoms. The first-order chi connectivity index (χ1) is 13.4. The van der Waals surface area contributed by atoms with Gasteiger partial charge in [-0.1, -0.05) is 18.2 Å². The molecule has 156 valence electrons. The van der Waals surface area contributed by atoms with E-state index in [0.717, 1.165) is 6.07 Å². The predicted molar refractivity (Wildman–Crippen MR) is 99.0 cm³/mol. The maximum absolute atomic E-state index is 13.5. The minimum Gasteiger partial charge on any atom is -0.377 e. The molecule has 1 heterocycles. The number of hydrogen-bond acceptors (Lipinski definition) is 3. The van der Waals surface area contributed by atoms with E-state index in [1.165, 1.54) is 38.3 Å². The van der Waals surface area contributed by atoms with Gasteiger partial charge in [0, 0.05) is 25.2 Å². The van der Waals surface area contributed by atoms with Crippen LogP contribution in [0.25, 0.3) is 11.0 Å². The molecule has 0 spiro atoms. The molecule has 0 aliphatic heterocycles. The van der Waals surface area contributed by atoms with Crippen LogP contribution in [-0.2, 0) is 27.6 Å². The molecular formula is C19H20F3N2O4S+. The van der Waals surface area contributed by atoms with E-state index in [-0.39, 0.29) is 22.5 Å². The van der Waals surface area contributed by atoms with Gasteiger partial charge in [-0.15, -0.1) is 0 Å². The van der Waals surface area contributed by atoms with Crippen LogP contribution in [0.2, 0.25) is 0 Å². The van der Waals surface area contributed by atoms with E-state index in [0.29, 0.717) is 16.9 Å². The smallest absolute Gasteiger partial charge is 0.377 e. The number of aromatic nitrogens is 2. The lowest BCUT2D eigenvalue weighted by molar-refractivity contribution is -0.668. The number of nitrogens with one attached hydrogen (secondary N) is 1. The summed E-state index contributed by atoms with van der Waals surface area (Å²) in [6, 6.07) is 8.24. The predicted octanol–water partition coefficient (Wildman–Crippen LogP) is 3.79. The quantitative estimate of drug-likeness (QED) is 0.478. The molecular weight excluding hydrogens is 409 g/mol. The lowest BCUT2D eigenvalue weighted by atomic mass is 10.0. The van der Waals surface area contributed by atoms with Crippen molar-refractivity contribution in [2.45, 2.75) is 37.6 Å². The summed E-state index contributed by atoms with van der Waals surface area (Å²) in [7, 11) is -3.12. The van der Waals surface area contributed by atoms with Crippen LogP contribution in [0.15, 0.2) is 41.3 Å². The zero-order chi connectivity index (χ0) is 21.6. The molecule has 2 N–H and O–H groups in total. The Labute approximate surface area is 165 Å². The van der Waals surface area contributed by atoms with Crippen molar-refractivity contribution in [2.24, 2.45) is 0 Å². The second kappa shape index (κ2) is 7.43. The first-order valence-electron chi connectivity index (χ1n) is 8.65. The standard InChI is InChI=1S/C19H19F3N2O4S/c1-11(28-3)17-14(19(20,21)22)8-9-15-18(17)23-12(2)24(15)10-13-6-4-5-7-16(13)29(25,26)27/h4-9,11H,10H2,1-3H3,(H,25,26,27)/p+1. The fraction of sp³-hybridized carbons (Fsp3) is 0.316. The van der Waals surface area contributed by atoms with Crippen molar-refractivity contribution in [3.05, 3.63) is 58.9 Å². The third kappa shape index (κ3) is 4.00. The number of rotatable bonds is 5. The first-order valence-corrected chi connectivity index (χ1v) is 10.1. The minimum atomic E-state index is -4.56. The molecule has 1 unspecified atom stereocenters. The van der Waals surface area contributed by atoms with Gasteiger partial charge in [0.05, 0.1) is 11.7 Å². The highest BCUT2D eigenvalue weighted by Gasteiger charge is 2.38. The molecule has 0 bridgehead atoms. The number of ether oxygens (including phenoxy) is 1. The van der Waals surface area contributed by atoms with Gasteiger partial charge in [-0.3, -0.25) is 4.55 Å². The van der Waals surface area contributed by atoms with Gasteiger partial charge in [-0.25, -0.2) is 9.55 Å². The van der Waals surface area contributed by atoms with Gasteiger partial charge in [0.2, 0.25) is 0 Å². The molecule has 0 radical (unpaired) electrons. The molecule has 6 nitrogen and oxygen atoms in total. The van der Waals surface area contributed by atoms with Crippen molar-refractivity contribution in [2.75, 3.05) is 7.11 Å². The highest BCUT2D eigenvalue weighted by atomic mass is 32.2. The Morgan fingerprint density at radius 2 is 1.86 bits per heavy atom. The van der Waals surface area contributed by atoms with Crippen molar-refractivity contribution in [3.63, 3.8) is 0 Å². The number of benzene rings is 2. The molecule has 0 fully saturated rings. The molecule has 1 aromatic heterocycles. The molecule has 0 aliphatic carbocycles. The average molecular weight is 429 g/mol. The molecule has 3 aromatic rings. The fourth-order valence-corrected chi connectivity index (χ4v) is 4.16. The van der Waals surface area contributed by atoms with Crippen LogP contribution in [0.1, 0.15) is 35.5 Å². The molecule has 0 amide bonds. The van der Waals surface area contributed by atoms with Gasteiger partial charge in [-0.05, 0) is 25.1 Å². The van der Waals surface area contributed by atoms with Crippen LogP contribution in [0.4, 0.5) is 13.2 Å². The summed E-state index contributed by atoms with van der Waals surface area (Å²) in [6.45, 7) is 3.23. The first kappa shape index (κ1) is 21.3. The summed E-state index contributed by atoms with van der Waals surface area (Å²) < 4.78 is 80.2. The average Bonchev–Trinajstić information content (AvgIpc) is 2.94. The number of H-pyrrole nitrogens is 1. The van der Waals surface area contributed by atoms with Crippen molar-refractivity contribution < 1.29 is 35.4 Å². The molecule has 3 rings (SSSR count). The zero-order valence-electron chi connectivity index (χ0n) is 15.9. The number of nitrogens with zero attached hydrogens (tertiary/aromatic N) is 1. The number of fused-ring (bicyclic) bond motifs is 1. The van der Waals surface area contributed by atoms with Crippen LogP contribution >= 0.6 is 0 Å². The monoisotopic (exact) mass is 429 g/mol. The Hall–Kier alpha value is -2.43. The fourth-order valence-electron chi connectivity index (χ4n) is 3.44. The van der Waals surface area contributed by atoms with Crippen molar-refractivity contribution in [3.8, 4) is 0 Å². The molecule has 29 heavy (non-hydrogen) atoms. The van der Waals surface area contributed by atoms with Gasteiger partial charge in [-0.2, -0.15) is 21.6 Å². The molecule has 0 saturated heterocycles. The van der Waals surface area contributed by atoms with Crippen molar-refractivity contribution >= 4 is 21.2 Å². The lowest BCUT2D eigenvalue weighted by Crippen LogP contribution is -2.37. The minimum absolute atomic E-state index is 0.0255. The summed E-state index contributed by atoms with van der Waals surface area (Å²) >= 11 is 0. The van der Waals surface area contributed by atoms with E-state index in [9.17, 15) is 26.1 Å². The van der Waals surface area contributed by atoms with Crippen LogP contribution in [-0.4, -0.2) is 25.1 Å². The Kier molecular flexibility index (Phi) is 5.46. The number of aromatic amines is 1. The number of imidazole rings is 1. The number of aryl methyl sites for hydroxylation is 1. The van der Waals surface area contributed by atoms with Gasteiger partial charge in [0.25, 0.3) is 15.9 Å². The van der Waals surface area contributed by atoms with E-state index < -0.39 is 28.0 Å². The van der Waals surface area contributed by atoms with Crippen LogP contribution in [0.5, 0.6) is 0 Å². The summed E-state index contributed by atoms with van der Waals surface area (Å²) in [6.07, 6.45) is -5.38. The van der Waals surface area contributed by atoms with Crippen LogP contribution < -0.4 is 4.57 Å². The van der Waals surface area contributed by atoms with Gasteiger partial charge < -0.3 is 4.74 Å². The normalized spacial score (nSPS) is 13.8. The van der Waals surface area contributed by atoms with E-state index in [1.54, 1.807) is 17.6 Å².